The maximum atomic E-state index is 12.2. The van der Waals surface area contributed by atoms with Crippen molar-refractivity contribution in [1.29, 1.82) is 0 Å². The Morgan fingerprint density at radius 2 is 2.11 bits per heavy atom. The summed E-state index contributed by atoms with van der Waals surface area (Å²) in [7, 11) is 2.01. The van der Waals surface area contributed by atoms with Gasteiger partial charge in [-0.15, -0.1) is 0 Å². The highest BCUT2D eigenvalue weighted by Crippen LogP contribution is 2.20. The fraction of sp³-hybridized carbons (Fsp3) is 0.304. The molecule has 0 radical (unpaired) electrons. The van der Waals surface area contributed by atoms with E-state index in [-0.39, 0.29) is 6.03 Å². The lowest BCUT2D eigenvalue weighted by molar-refractivity contribution is 0.252. The van der Waals surface area contributed by atoms with Gasteiger partial charge >= 0.3 is 6.03 Å². The summed E-state index contributed by atoms with van der Waals surface area (Å²) in [6, 6.07) is 12.0. The minimum absolute atomic E-state index is 0.193. The lowest BCUT2D eigenvalue weighted by Crippen LogP contribution is -2.30. The standard InChI is InChI=1S/C23H26N4O/c1-27-15-13-18-16-20(10-11-22(18)27)26-23(28)24-14-12-19-9-8-17-6-4-2-3-5-7-21(17)25-19/h5,7-11,13,15-16H,2-4,6,12,14H2,1H3,(H2,24,26,28). The van der Waals surface area contributed by atoms with E-state index < -0.39 is 0 Å². The smallest absolute Gasteiger partial charge is 0.319 e. The van der Waals surface area contributed by atoms with Crippen molar-refractivity contribution in [1.82, 2.24) is 14.9 Å². The number of nitrogens with zero attached hydrogens (tertiary/aromatic N) is 2. The van der Waals surface area contributed by atoms with Gasteiger partial charge in [0.15, 0.2) is 0 Å². The van der Waals surface area contributed by atoms with E-state index >= 15 is 0 Å². The number of amides is 2. The van der Waals surface area contributed by atoms with Gasteiger partial charge in [-0.05, 0) is 67.7 Å². The van der Waals surface area contributed by atoms with E-state index in [0.717, 1.165) is 40.8 Å². The first-order chi connectivity index (χ1) is 13.7. The number of pyridine rings is 1. The fourth-order valence-corrected chi connectivity index (χ4v) is 3.65. The zero-order valence-corrected chi connectivity index (χ0v) is 16.2. The molecular weight excluding hydrogens is 348 g/mol. The van der Waals surface area contributed by atoms with Crippen LogP contribution in [0.1, 0.15) is 36.2 Å². The maximum Gasteiger partial charge on any atom is 0.319 e. The highest BCUT2D eigenvalue weighted by Gasteiger charge is 2.07. The molecule has 2 N–H and O–H groups in total. The number of carbonyl (C=O) groups is 1. The van der Waals surface area contributed by atoms with E-state index in [1.165, 1.54) is 18.4 Å². The van der Waals surface area contributed by atoms with E-state index in [2.05, 4.69) is 39.5 Å². The zero-order valence-electron chi connectivity index (χ0n) is 16.2. The lowest BCUT2D eigenvalue weighted by Gasteiger charge is -2.11. The summed E-state index contributed by atoms with van der Waals surface area (Å²) in [4.78, 5) is 17.0. The average molecular weight is 374 g/mol. The summed E-state index contributed by atoms with van der Waals surface area (Å²) >= 11 is 0. The molecule has 1 aromatic carbocycles. The van der Waals surface area contributed by atoms with Crippen LogP contribution in [0.15, 0.2) is 48.7 Å². The molecule has 0 unspecified atom stereocenters. The van der Waals surface area contributed by atoms with Crippen molar-refractivity contribution in [2.24, 2.45) is 7.05 Å². The summed E-state index contributed by atoms with van der Waals surface area (Å²) in [5.41, 5.74) is 5.35. The van der Waals surface area contributed by atoms with Crippen molar-refractivity contribution >= 4 is 28.7 Å². The molecule has 2 aromatic heterocycles. The number of anilines is 1. The summed E-state index contributed by atoms with van der Waals surface area (Å²) < 4.78 is 2.06. The van der Waals surface area contributed by atoms with Crippen LogP contribution in [0.4, 0.5) is 10.5 Å². The van der Waals surface area contributed by atoms with Crippen molar-refractivity contribution in [3.8, 4) is 0 Å². The third kappa shape index (κ3) is 4.25. The first-order valence-electron chi connectivity index (χ1n) is 9.94. The third-order valence-corrected chi connectivity index (χ3v) is 5.22. The van der Waals surface area contributed by atoms with E-state index in [1.807, 2.05) is 37.5 Å². The molecule has 2 heterocycles. The Labute approximate surface area is 165 Å². The quantitative estimate of drug-likeness (QED) is 0.697. The molecule has 144 valence electrons. The number of urea groups is 1. The molecule has 0 saturated carbocycles. The number of allylic oxidation sites excluding steroid dienone is 1. The molecule has 4 rings (SSSR count). The molecule has 1 aliphatic rings. The predicted octanol–water partition coefficient (Wildman–Crippen LogP) is 4.68. The summed E-state index contributed by atoms with van der Waals surface area (Å²) in [6.07, 6.45) is 11.8. The van der Waals surface area contributed by atoms with Gasteiger partial charge in [-0.25, -0.2) is 4.79 Å². The molecule has 5 nitrogen and oxygen atoms in total. The Morgan fingerprint density at radius 1 is 1.18 bits per heavy atom. The van der Waals surface area contributed by atoms with Gasteiger partial charge in [-0.3, -0.25) is 4.98 Å². The normalized spacial score (nSPS) is 13.6. The van der Waals surface area contributed by atoms with Crippen LogP contribution in [0.3, 0.4) is 0 Å². The molecule has 2 amide bonds. The van der Waals surface area contributed by atoms with Gasteiger partial charge in [0, 0.05) is 48.5 Å². The van der Waals surface area contributed by atoms with Crippen LogP contribution in [0, 0.1) is 0 Å². The molecule has 28 heavy (non-hydrogen) atoms. The summed E-state index contributed by atoms with van der Waals surface area (Å²) in [5, 5.41) is 6.94. The molecule has 0 aliphatic heterocycles. The second-order valence-electron chi connectivity index (χ2n) is 7.33. The Balaban J connectivity index is 1.32. The molecule has 0 fully saturated rings. The van der Waals surface area contributed by atoms with E-state index in [1.54, 1.807) is 0 Å². The molecule has 0 spiro atoms. The zero-order chi connectivity index (χ0) is 19.3. The van der Waals surface area contributed by atoms with Crippen LogP contribution in [-0.4, -0.2) is 22.1 Å². The monoisotopic (exact) mass is 374 g/mol. The number of nitrogens with one attached hydrogen (secondary N) is 2. The minimum atomic E-state index is -0.193. The van der Waals surface area contributed by atoms with Gasteiger partial charge in [0.05, 0.1) is 5.69 Å². The van der Waals surface area contributed by atoms with Crippen molar-refractivity contribution in [2.45, 2.75) is 32.1 Å². The van der Waals surface area contributed by atoms with Gasteiger partial charge in [0.1, 0.15) is 0 Å². The Kier molecular flexibility index (Phi) is 5.42. The molecule has 0 atom stereocenters. The minimum Gasteiger partial charge on any atom is -0.351 e. The number of benzene rings is 1. The van der Waals surface area contributed by atoms with Crippen molar-refractivity contribution in [3.05, 3.63) is 65.6 Å². The molecule has 0 saturated heterocycles. The van der Waals surface area contributed by atoms with E-state index in [4.69, 9.17) is 4.98 Å². The van der Waals surface area contributed by atoms with Crippen LogP contribution in [0.5, 0.6) is 0 Å². The lowest BCUT2D eigenvalue weighted by atomic mass is 10.0. The van der Waals surface area contributed by atoms with Crippen LogP contribution in [-0.2, 0) is 19.9 Å². The second-order valence-corrected chi connectivity index (χ2v) is 7.33. The SMILES string of the molecule is Cn1ccc2cc(NC(=O)NCCc3ccc4c(n3)C=CCCCC4)ccc21. The van der Waals surface area contributed by atoms with Gasteiger partial charge in [-0.2, -0.15) is 0 Å². The molecular formula is C23H26N4O. The Hall–Kier alpha value is -3.08. The maximum absolute atomic E-state index is 12.2. The number of fused-ring (bicyclic) bond motifs is 2. The van der Waals surface area contributed by atoms with Crippen LogP contribution in [0.25, 0.3) is 17.0 Å². The van der Waals surface area contributed by atoms with Gasteiger partial charge in [-0.1, -0.05) is 12.1 Å². The molecule has 3 aromatic rings. The van der Waals surface area contributed by atoms with Crippen LogP contribution < -0.4 is 10.6 Å². The largest absolute Gasteiger partial charge is 0.351 e. The number of hydrogen-bond acceptors (Lipinski definition) is 2. The van der Waals surface area contributed by atoms with Crippen molar-refractivity contribution < 1.29 is 4.79 Å². The molecule has 0 bridgehead atoms. The third-order valence-electron chi connectivity index (χ3n) is 5.22. The number of aryl methyl sites for hydroxylation is 2. The summed E-state index contributed by atoms with van der Waals surface area (Å²) in [6.45, 7) is 0.551. The molecule has 1 aliphatic carbocycles. The highest BCUT2D eigenvalue weighted by atomic mass is 16.2. The Bertz CT molecular complexity index is 1020. The summed E-state index contributed by atoms with van der Waals surface area (Å²) in [5.74, 6) is 0. The predicted molar refractivity (Wildman–Crippen MR) is 114 cm³/mol. The first kappa shape index (κ1) is 18.3. The van der Waals surface area contributed by atoms with Crippen molar-refractivity contribution in [3.63, 3.8) is 0 Å². The first-order valence-corrected chi connectivity index (χ1v) is 9.94. The number of rotatable bonds is 4. The second kappa shape index (κ2) is 8.30. The molecule has 5 heteroatoms. The van der Waals surface area contributed by atoms with Gasteiger partial charge in [0.25, 0.3) is 0 Å². The highest BCUT2D eigenvalue weighted by molar-refractivity contribution is 5.92. The van der Waals surface area contributed by atoms with Crippen LogP contribution >= 0.6 is 0 Å². The van der Waals surface area contributed by atoms with Crippen LogP contribution in [0.2, 0.25) is 0 Å². The van der Waals surface area contributed by atoms with E-state index in [9.17, 15) is 4.79 Å². The van der Waals surface area contributed by atoms with Gasteiger partial charge in [0.2, 0.25) is 0 Å². The Morgan fingerprint density at radius 3 is 3.04 bits per heavy atom. The van der Waals surface area contributed by atoms with E-state index in [0.29, 0.717) is 13.0 Å². The average Bonchev–Trinajstić information content (AvgIpc) is 3.03. The number of carbonyl (C=O) groups excluding carboxylic acids is 1. The fourth-order valence-electron chi connectivity index (χ4n) is 3.65. The number of hydrogen-bond donors (Lipinski definition) is 2. The van der Waals surface area contributed by atoms with Gasteiger partial charge < -0.3 is 15.2 Å². The topological polar surface area (TPSA) is 59.0 Å². The van der Waals surface area contributed by atoms with Crippen molar-refractivity contribution in [2.75, 3.05) is 11.9 Å². The number of aromatic nitrogens is 2.